The predicted octanol–water partition coefficient (Wildman–Crippen LogP) is 7.53. The number of hydrogen-bond acceptors (Lipinski definition) is 4. The van der Waals surface area contributed by atoms with Crippen LogP contribution in [0.1, 0.15) is 65.9 Å². The normalized spacial score (nSPS) is 11.9. The van der Waals surface area contributed by atoms with Gasteiger partial charge in [-0.2, -0.15) is 0 Å². The maximum absolute atomic E-state index is 11.8. The zero-order chi connectivity index (χ0) is 27.8. The first-order chi connectivity index (χ1) is 18.9. The number of carbonyl (C=O) groups is 1. The Morgan fingerprint density at radius 3 is 2.33 bits per heavy atom. The summed E-state index contributed by atoms with van der Waals surface area (Å²) in [4.78, 5) is 17.1. The van der Waals surface area contributed by atoms with Crippen LogP contribution in [-0.2, 0) is 24.2 Å². The molecule has 204 valence electrons. The van der Waals surface area contributed by atoms with E-state index in [2.05, 4.69) is 86.1 Å². The highest BCUT2D eigenvalue weighted by atomic mass is 16.5. The van der Waals surface area contributed by atoms with Crippen molar-refractivity contribution in [3.05, 3.63) is 101 Å². The molecule has 3 aromatic carbocycles. The molecule has 5 nitrogen and oxygen atoms in total. The van der Waals surface area contributed by atoms with Crippen LogP contribution in [0, 0.1) is 13.8 Å². The van der Waals surface area contributed by atoms with Crippen LogP contribution < -0.4 is 5.32 Å². The summed E-state index contributed by atoms with van der Waals surface area (Å²) in [5.41, 5.74) is 8.91. The molecule has 1 unspecified atom stereocenters. The number of hydrogen-bond donors (Lipinski definition) is 1. The Balaban J connectivity index is 1.69. The first-order valence-electron chi connectivity index (χ1n) is 14.1. The van der Waals surface area contributed by atoms with Crippen molar-refractivity contribution in [1.29, 1.82) is 0 Å². The maximum atomic E-state index is 11.8. The third-order valence-electron chi connectivity index (χ3n) is 7.42. The van der Waals surface area contributed by atoms with Crippen molar-refractivity contribution in [2.24, 2.45) is 0 Å². The van der Waals surface area contributed by atoms with E-state index in [1.54, 1.807) is 0 Å². The number of nitrogens with zero attached hydrogens (tertiary/aromatic N) is 2. The summed E-state index contributed by atoms with van der Waals surface area (Å²) in [7, 11) is 1.41. The monoisotopic (exact) mass is 523 g/mol. The van der Waals surface area contributed by atoms with Gasteiger partial charge < -0.3 is 14.6 Å². The molecule has 5 heteroatoms. The highest BCUT2D eigenvalue weighted by molar-refractivity contribution is 5.89. The van der Waals surface area contributed by atoms with Crippen LogP contribution in [0.3, 0.4) is 0 Å². The predicted molar refractivity (Wildman–Crippen MR) is 160 cm³/mol. The highest BCUT2D eigenvalue weighted by Crippen LogP contribution is 2.33. The van der Waals surface area contributed by atoms with Gasteiger partial charge in [-0.1, -0.05) is 86.5 Å². The molecule has 4 aromatic rings. The first kappa shape index (κ1) is 28.3. The van der Waals surface area contributed by atoms with Crippen molar-refractivity contribution in [3.63, 3.8) is 0 Å². The molecule has 0 radical (unpaired) electrons. The smallest absolute Gasteiger partial charge is 0.337 e. The number of esters is 1. The number of aryl methyl sites for hydroxylation is 2. The second-order valence-electron chi connectivity index (χ2n) is 10.3. The molecule has 1 aromatic heterocycles. The lowest BCUT2D eigenvalue weighted by Gasteiger charge is -2.20. The standard InChI is InChI=1S/C34H41N3O2/c1-6-8-21-37-31(22-29(7-2)35-23-26-15-19-28(20-16-26)34(38)39-5)32(27-17-13-24(3)14-18-27)36-33(37)30-12-10-9-11-25(30)4/h9-20,29,35H,6-8,21-23H2,1-5H3. The summed E-state index contributed by atoms with van der Waals surface area (Å²) in [6.45, 7) is 10.4. The molecule has 1 atom stereocenters. The van der Waals surface area contributed by atoms with Crippen LogP contribution in [0.5, 0.6) is 0 Å². The van der Waals surface area contributed by atoms with Crippen LogP contribution >= 0.6 is 0 Å². The molecule has 0 saturated heterocycles. The minimum atomic E-state index is -0.311. The fourth-order valence-corrected chi connectivity index (χ4v) is 4.96. The van der Waals surface area contributed by atoms with Crippen molar-refractivity contribution < 1.29 is 9.53 Å². The van der Waals surface area contributed by atoms with Gasteiger partial charge in [0.25, 0.3) is 0 Å². The van der Waals surface area contributed by atoms with Gasteiger partial charge in [-0.05, 0) is 49.9 Å². The fraction of sp³-hybridized carbons (Fsp3) is 0.353. The van der Waals surface area contributed by atoms with Gasteiger partial charge in [0.15, 0.2) is 0 Å². The molecule has 0 amide bonds. The summed E-state index contributed by atoms with van der Waals surface area (Å²) in [5.74, 6) is 0.745. The van der Waals surface area contributed by atoms with Crippen LogP contribution in [0.2, 0.25) is 0 Å². The van der Waals surface area contributed by atoms with Gasteiger partial charge in [-0.3, -0.25) is 0 Å². The van der Waals surface area contributed by atoms with Gasteiger partial charge in [-0.25, -0.2) is 9.78 Å². The van der Waals surface area contributed by atoms with E-state index in [-0.39, 0.29) is 12.0 Å². The van der Waals surface area contributed by atoms with Crippen molar-refractivity contribution in [3.8, 4) is 22.6 Å². The lowest BCUT2D eigenvalue weighted by Crippen LogP contribution is -2.31. The molecular weight excluding hydrogens is 482 g/mol. The average Bonchev–Trinajstić information content (AvgIpc) is 3.31. The average molecular weight is 524 g/mol. The molecule has 4 rings (SSSR count). The zero-order valence-electron chi connectivity index (χ0n) is 24.0. The van der Waals surface area contributed by atoms with Gasteiger partial charge in [0, 0.05) is 42.4 Å². The third-order valence-corrected chi connectivity index (χ3v) is 7.42. The Kier molecular flexibility index (Phi) is 9.72. The highest BCUT2D eigenvalue weighted by Gasteiger charge is 2.23. The van der Waals surface area contributed by atoms with E-state index in [1.165, 1.54) is 29.5 Å². The summed E-state index contributed by atoms with van der Waals surface area (Å²) < 4.78 is 7.30. The largest absolute Gasteiger partial charge is 0.465 e. The van der Waals surface area contributed by atoms with Crippen molar-refractivity contribution in [2.75, 3.05) is 7.11 Å². The molecule has 0 bridgehead atoms. The topological polar surface area (TPSA) is 56.2 Å². The molecular formula is C34H41N3O2. The zero-order valence-corrected chi connectivity index (χ0v) is 24.0. The number of methoxy groups -OCH3 is 1. The van der Waals surface area contributed by atoms with E-state index < -0.39 is 0 Å². The van der Waals surface area contributed by atoms with Crippen LogP contribution in [-0.4, -0.2) is 28.7 Å². The second-order valence-corrected chi connectivity index (χ2v) is 10.3. The van der Waals surface area contributed by atoms with Crippen LogP contribution in [0.4, 0.5) is 0 Å². The summed E-state index contributed by atoms with van der Waals surface area (Å²) in [6.07, 6.45) is 4.10. The number of imidazole rings is 1. The number of unbranched alkanes of at least 4 members (excludes halogenated alkanes) is 1. The van der Waals surface area contributed by atoms with Gasteiger partial charge in [0.05, 0.1) is 18.4 Å². The van der Waals surface area contributed by atoms with E-state index in [1.807, 2.05) is 24.3 Å². The van der Waals surface area contributed by atoms with Crippen LogP contribution in [0.15, 0.2) is 72.8 Å². The lowest BCUT2D eigenvalue weighted by atomic mass is 10.0. The molecule has 39 heavy (non-hydrogen) atoms. The fourth-order valence-electron chi connectivity index (χ4n) is 4.96. The Morgan fingerprint density at radius 2 is 1.69 bits per heavy atom. The number of benzene rings is 3. The molecule has 0 fully saturated rings. The Bertz CT molecular complexity index is 1370. The Labute approximate surface area is 233 Å². The van der Waals surface area contributed by atoms with Gasteiger partial charge in [0.2, 0.25) is 0 Å². The Morgan fingerprint density at radius 1 is 0.974 bits per heavy atom. The minimum Gasteiger partial charge on any atom is -0.465 e. The minimum absolute atomic E-state index is 0.274. The number of carbonyl (C=O) groups excluding carboxylic acids is 1. The number of aromatic nitrogens is 2. The number of nitrogens with one attached hydrogen (secondary N) is 1. The van der Waals surface area contributed by atoms with Crippen molar-refractivity contribution in [1.82, 2.24) is 14.9 Å². The molecule has 0 aliphatic carbocycles. The van der Waals surface area contributed by atoms with Gasteiger partial charge in [-0.15, -0.1) is 0 Å². The second kappa shape index (κ2) is 13.4. The SMILES string of the molecule is CCCCn1c(-c2ccccc2C)nc(-c2ccc(C)cc2)c1CC(CC)NCc1ccc(C(=O)OC)cc1. The third kappa shape index (κ3) is 6.85. The molecule has 0 aliphatic rings. The molecule has 0 aliphatic heterocycles. The van der Waals surface area contributed by atoms with E-state index in [9.17, 15) is 4.79 Å². The lowest BCUT2D eigenvalue weighted by molar-refractivity contribution is 0.0600. The van der Waals surface area contributed by atoms with Crippen LogP contribution in [0.25, 0.3) is 22.6 Å². The molecule has 0 spiro atoms. The van der Waals surface area contributed by atoms with Crippen molar-refractivity contribution >= 4 is 5.97 Å². The van der Waals surface area contributed by atoms with Crippen molar-refractivity contribution in [2.45, 2.75) is 72.5 Å². The Hall–Kier alpha value is -3.70. The quantitative estimate of drug-likeness (QED) is 0.195. The van der Waals surface area contributed by atoms with E-state index in [0.717, 1.165) is 61.4 Å². The van der Waals surface area contributed by atoms with E-state index in [0.29, 0.717) is 5.56 Å². The van der Waals surface area contributed by atoms with Gasteiger partial charge >= 0.3 is 5.97 Å². The first-order valence-corrected chi connectivity index (χ1v) is 14.1. The molecule has 1 N–H and O–H groups in total. The van der Waals surface area contributed by atoms with E-state index >= 15 is 0 Å². The number of rotatable bonds is 12. The van der Waals surface area contributed by atoms with E-state index in [4.69, 9.17) is 9.72 Å². The maximum Gasteiger partial charge on any atom is 0.337 e. The van der Waals surface area contributed by atoms with Gasteiger partial charge in [0.1, 0.15) is 5.82 Å². The summed E-state index contributed by atoms with van der Waals surface area (Å²) >= 11 is 0. The number of ether oxygens (including phenoxy) is 1. The summed E-state index contributed by atoms with van der Waals surface area (Å²) in [6, 6.07) is 25.2. The summed E-state index contributed by atoms with van der Waals surface area (Å²) in [5, 5.41) is 3.77. The molecule has 0 saturated carbocycles. The molecule has 1 heterocycles.